The molecule has 0 bridgehead atoms. The largest absolute Gasteiger partial charge is 0.467 e. The molecule has 1 amide bonds. The fourth-order valence-electron chi connectivity index (χ4n) is 2.76. The minimum atomic E-state index is -3.43. The Labute approximate surface area is 124 Å². The number of fused-ring (bicyclic) bond motifs is 1. The first-order valence-electron chi connectivity index (χ1n) is 6.68. The van der Waals surface area contributed by atoms with E-state index in [1.165, 1.54) is 18.4 Å². The van der Waals surface area contributed by atoms with Crippen molar-refractivity contribution in [3.8, 4) is 11.5 Å². The Kier molecular flexibility index (Phi) is 2.66. The number of furan rings is 1. The average molecular weight is 307 g/mol. The van der Waals surface area contributed by atoms with Gasteiger partial charge in [-0.05, 0) is 29.8 Å². The summed E-state index contributed by atoms with van der Waals surface area (Å²) in [5, 5.41) is 0. The fraction of sp³-hybridized carbons (Fsp3) is 0.267. The summed E-state index contributed by atoms with van der Waals surface area (Å²) in [6, 6.07) is 6.53. The topological polar surface area (TPSA) is 51.9 Å². The van der Waals surface area contributed by atoms with Crippen molar-refractivity contribution < 1.29 is 27.5 Å². The summed E-state index contributed by atoms with van der Waals surface area (Å²) in [5.41, 5.74) is 0.306. The van der Waals surface area contributed by atoms with Crippen LogP contribution in [0.1, 0.15) is 17.4 Å². The molecule has 114 valence electrons. The van der Waals surface area contributed by atoms with Crippen LogP contribution in [0.4, 0.5) is 8.78 Å². The molecule has 2 aliphatic heterocycles. The van der Waals surface area contributed by atoms with E-state index in [4.69, 9.17) is 13.9 Å². The summed E-state index contributed by atoms with van der Waals surface area (Å²) >= 11 is 0. The van der Waals surface area contributed by atoms with Crippen molar-refractivity contribution >= 4 is 5.91 Å². The first-order chi connectivity index (χ1) is 10.6. The Morgan fingerprint density at radius 3 is 2.82 bits per heavy atom. The average Bonchev–Trinajstić information content (AvgIpc) is 3.16. The highest BCUT2D eigenvalue weighted by atomic mass is 19.3. The van der Waals surface area contributed by atoms with Crippen LogP contribution in [0.3, 0.4) is 0 Å². The highest BCUT2D eigenvalue weighted by Gasteiger charge is 2.64. The van der Waals surface area contributed by atoms with Crippen LogP contribution in [-0.4, -0.2) is 23.5 Å². The number of ether oxygens (including phenoxy) is 2. The number of likely N-dealkylation sites (tertiary alicyclic amines) is 1. The van der Waals surface area contributed by atoms with Crippen LogP contribution in [0, 0.1) is 0 Å². The Hall–Kier alpha value is -2.57. The molecular formula is C15H11F2NO4. The minimum absolute atomic E-state index is 0.000528. The third kappa shape index (κ3) is 1.78. The van der Waals surface area contributed by atoms with Gasteiger partial charge < -0.3 is 18.8 Å². The first kappa shape index (κ1) is 13.1. The maximum absolute atomic E-state index is 14.0. The number of amides is 1. The highest BCUT2D eigenvalue weighted by molar-refractivity contribution is 5.91. The third-order valence-electron chi connectivity index (χ3n) is 3.82. The molecule has 2 aliphatic rings. The van der Waals surface area contributed by atoms with Crippen molar-refractivity contribution in [2.75, 3.05) is 6.79 Å². The number of nitrogens with zero attached hydrogens (tertiary/aromatic N) is 1. The van der Waals surface area contributed by atoms with E-state index in [0.29, 0.717) is 22.8 Å². The predicted molar refractivity (Wildman–Crippen MR) is 69.5 cm³/mol. The van der Waals surface area contributed by atoms with Gasteiger partial charge in [-0.1, -0.05) is 6.07 Å². The van der Waals surface area contributed by atoms with Crippen LogP contribution >= 0.6 is 0 Å². The smallest absolute Gasteiger partial charge is 0.348 e. The molecule has 7 heteroatoms. The van der Waals surface area contributed by atoms with Gasteiger partial charge in [0.2, 0.25) is 6.79 Å². The number of alkyl halides is 2. The maximum Gasteiger partial charge on any atom is 0.348 e. The molecular weight excluding hydrogens is 296 g/mol. The minimum Gasteiger partial charge on any atom is -0.467 e. The second kappa shape index (κ2) is 4.46. The zero-order valence-corrected chi connectivity index (χ0v) is 11.3. The van der Waals surface area contributed by atoms with E-state index in [1.807, 2.05) is 0 Å². The SMILES string of the molecule is O=C1N(Cc2ccco2)C(c2ccc3c(c2)OCO3)C1(F)F. The molecule has 1 fully saturated rings. The Bertz CT molecular complexity index is 729. The molecule has 2 aromatic rings. The molecule has 1 unspecified atom stereocenters. The van der Waals surface area contributed by atoms with E-state index in [0.717, 1.165) is 4.90 Å². The van der Waals surface area contributed by atoms with Gasteiger partial charge in [-0.2, -0.15) is 8.78 Å². The molecule has 0 N–H and O–H groups in total. The molecule has 0 saturated carbocycles. The van der Waals surface area contributed by atoms with Gasteiger partial charge in [-0.3, -0.25) is 4.79 Å². The number of halogens is 2. The van der Waals surface area contributed by atoms with Gasteiger partial charge in [-0.15, -0.1) is 0 Å². The van der Waals surface area contributed by atoms with Gasteiger partial charge >= 0.3 is 5.92 Å². The van der Waals surface area contributed by atoms with E-state index in [9.17, 15) is 13.6 Å². The first-order valence-corrected chi connectivity index (χ1v) is 6.68. The predicted octanol–water partition coefficient (Wildman–Crippen LogP) is 2.73. The molecule has 1 aromatic carbocycles. The third-order valence-corrected chi connectivity index (χ3v) is 3.82. The monoisotopic (exact) mass is 307 g/mol. The molecule has 5 nitrogen and oxygen atoms in total. The number of carbonyl (C=O) groups is 1. The molecule has 1 saturated heterocycles. The molecule has 0 radical (unpaired) electrons. The Morgan fingerprint density at radius 1 is 1.23 bits per heavy atom. The molecule has 22 heavy (non-hydrogen) atoms. The number of hydrogen-bond donors (Lipinski definition) is 0. The Morgan fingerprint density at radius 2 is 2.05 bits per heavy atom. The van der Waals surface area contributed by atoms with Gasteiger partial charge in [0.15, 0.2) is 11.5 Å². The van der Waals surface area contributed by atoms with Crippen LogP contribution in [0.25, 0.3) is 0 Å². The lowest BCUT2D eigenvalue weighted by molar-refractivity contribution is -0.208. The van der Waals surface area contributed by atoms with E-state index < -0.39 is 17.9 Å². The van der Waals surface area contributed by atoms with Crippen molar-refractivity contribution in [2.24, 2.45) is 0 Å². The normalized spacial score (nSPS) is 21.8. The van der Waals surface area contributed by atoms with Crippen LogP contribution in [0.15, 0.2) is 41.0 Å². The maximum atomic E-state index is 14.0. The molecule has 4 rings (SSSR count). The molecule has 3 heterocycles. The van der Waals surface area contributed by atoms with E-state index in [2.05, 4.69) is 0 Å². The van der Waals surface area contributed by atoms with Crippen LogP contribution in [0.5, 0.6) is 11.5 Å². The van der Waals surface area contributed by atoms with E-state index >= 15 is 0 Å². The van der Waals surface area contributed by atoms with Crippen LogP contribution in [0.2, 0.25) is 0 Å². The molecule has 0 aliphatic carbocycles. The number of benzene rings is 1. The standard InChI is InChI=1S/C15H11F2NO4/c16-15(17)13(9-3-4-11-12(6-9)22-8-21-11)18(14(15)19)7-10-2-1-5-20-10/h1-6,13H,7-8H2. The second-order valence-corrected chi connectivity index (χ2v) is 5.15. The number of rotatable bonds is 3. The summed E-state index contributed by atoms with van der Waals surface area (Å²) < 4.78 is 43.5. The lowest BCUT2D eigenvalue weighted by Gasteiger charge is -2.46. The quantitative estimate of drug-likeness (QED) is 0.818. The van der Waals surface area contributed by atoms with Gasteiger partial charge in [0.1, 0.15) is 11.8 Å². The zero-order chi connectivity index (χ0) is 15.3. The number of hydrogen-bond acceptors (Lipinski definition) is 4. The van der Waals surface area contributed by atoms with Gasteiger partial charge in [0.05, 0.1) is 12.8 Å². The number of β-lactam (4-membered cyclic amide) rings is 1. The van der Waals surface area contributed by atoms with Gasteiger partial charge in [0, 0.05) is 0 Å². The van der Waals surface area contributed by atoms with E-state index in [1.54, 1.807) is 18.2 Å². The van der Waals surface area contributed by atoms with Crippen LogP contribution < -0.4 is 9.47 Å². The molecule has 1 atom stereocenters. The highest BCUT2D eigenvalue weighted by Crippen LogP contribution is 2.49. The van der Waals surface area contributed by atoms with Crippen molar-refractivity contribution in [3.05, 3.63) is 47.9 Å². The summed E-state index contributed by atoms with van der Waals surface area (Å²) in [7, 11) is 0. The zero-order valence-electron chi connectivity index (χ0n) is 11.3. The summed E-state index contributed by atoms with van der Waals surface area (Å²) in [5.74, 6) is -3.26. The lowest BCUT2D eigenvalue weighted by Crippen LogP contribution is -2.63. The van der Waals surface area contributed by atoms with Gasteiger partial charge in [0.25, 0.3) is 5.91 Å². The molecule has 1 aromatic heterocycles. The van der Waals surface area contributed by atoms with Crippen LogP contribution in [-0.2, 0) is 11.3 Å². The van der Waals surface area contributed by atoms with Crippen molar-refractivity contribution in [3.63, 3.8) is 0 Å². The fourth-order valence-corrected chi connectivity index (χ4v) is 2.76. The van der Waals surface area contributed by atoms with Crippen molar-refractivity contribution in [1.82, 2.24) is 4.90 Å². The lowest BCUT2D eigenvalue weighted by atomic mass is 9.89. The summed E-state index contributed by atoms with van der Waals surface area (Å²) in [4.78, 5) is 12.8. The Balaban J connectivity index is 1.66. The summed E-state index contributed by atoms with van der Waals surface area (Å²) in [6.45, 7) is 0.0649. The van der Waals surface area contributed by atoms with Crippen molar-refractivity contribution in [1.29, 1.82) is 0 Å². The molecule has 0 spiro atoms. The van der Waals surface area contributed by atoms with Crippen molar-refractivity contribution in [2.45, 2.75) is 18.5 Å². The number of carbonyl (C=O) groups excluding carboxylic acids is 1. The summed E-state index contributed by atoms with van der Waals surface area (Å²) in [6.07, 6.45) is 1.44. The van der Waals surface area contributed by atoms with Gasteiger partial charge in [-0.25, -0.2) is 0 Å². The second-order valence-electron chi connectivity index (χ2n) is 5.15. The van der Waals surface area contributed by atoms with E-state index in [-0.39, 0.29) is 13.3 Å².